The van der Waals surface area contributed by atoms with E-state index in [4.69, 9.17) is 20.9 Å². The molecule has 0 aliphatic carbocycles. The molecule has 0 saturated carbocycles. The second-order valence-electron chi connectivity index (χ2n) is 7.93. The number of fused-ring (bicyclic) bond motifs is 1. The third-order valence-electron chi connectivity index (χ3n) is 5.47. The molecular formula is C25H21ClFN5O3. The lowest BCUT2D eigenvalue weighted by atomic mass is 10.1. The van der Waals surface area contributed by atoms with Gasteiger partial charge in [-0.3, -0.25) is 4.79 Å². The number of para-hydroxylation sites is 1. The summed E-state index contributed by atoms with van der Waals surface area (Å²) in [5.74, 6) is 0.556. The van der Waals surface area contributed by atoms with E-state index in [0.717, 1.165) is 24.2 Å². The Labute approximate surface area is 204 Å². The molecule has 0 spiro atoms. The average molecular weight is 494 g/mol. The van der Waals surface area contributed by atoms with Crippen LogP contribution in [-0.4, -0.2) is 30.9 Å². The molecule has 0 aliphatic heterocycles. The first-order chi connectivity index (χ1) is 17.0. The number of halogens is 2. The van der Waals surface area contributed by atoms with Gasteiger partial charge in [0.25, 0.3) is 5.56 Å². The van der Waals surface area contributed by atoms with Crippen LogP contribution in [0.25, 0.3) is 28.2 Å². The summed E-state index contributed by atoms with van der Waals surface area (Å²) in [6.45, 7) is 2.77. The van der Waals surface area contributed by atoms with E-state index in [1.54, 1.807) is 24.5 Å². The highest BCUT2D eigenvalue weighted by Crippen LogP contribution is 2.29. The molecule has 0 unspecified atom stereocenters. The molecule has 35 heavy (non-hydrogen) atoms. The van der Waals surface area contributed by atoms with Crippen LogP contribution in [0.5, 0.6) is 5.75 Å². The summed E-state index contributed by atoms with van der Waals surface area (Å²) in [6.07, 6.45) is 5.27. The SMILES string of the molecule is CCCCOc1ccccc1-c1cc2c(=O)n(Cc3nc(-c4ccc(Cl)c(F)c4)no3)ccn2n1. The monoisotopic (exact) mass is 493 g/mol. The van der Waals surface area contributed by atoms with Crippen LogP contribution in [-0.2, 0) is 6.54 Å². The summed E-state index contributed by atoms with van der Waals surface area (Å²) >= 11 is 5.73. The predicted octanol–water partition coefficient (Wildman–Crippen LogP) is 5.23. The van der Waals surface area contributed by atoms with Gasteiger partial charge < -0.3 is 13.8 Å². The summed E-state index contributed by atoms with van der Waals surface area (Å²) in [6, 6.07) is 13.6. The van der Waals surface area contributed by atoms with Crippen molar-refractivity contribution in [3.05, 3.63) is 88.0 Å². The highest BCUT2D eigenvalue weighted by molar-refractivity contribution is 6.30. The zero-order valence-electron chi connectivity index (χ0n) is 18.8. The number of nitrogens with zero attached hydrogens (tertiary/aromatic N) is 5. The van der Waals surface area contributed by atoms with Gasteiger partial charge in [-0.25, -0.2) is 8.91 Å². The van der Waals surface area contributed by atoms with Crippen LogP contribution in [0.3, 0.4) is 0 Å². The number of aromatic nitrogens is 5. The van der Waals surface area contributed by atoms with Gasteiger partial charge in [0.15, 0.2) is 0 Å². The van der Waals surface area contributed by atoms with Gasteiger partial charge in [0.2, 0.25) is 11.7 Å². The zero-order chi connectivity index (χ0) is 24.4. The molecule has 2 aromatic carbocycles. The summed E-state index contributed by atoms with van der Waals surface area (Å²) in [5, 5.41) is 8.46. The summed E-state index contributed by atoms with van der Waals surface area (Å²) in [7, 11) is 0. The fourth-order valence-corrected chi connectivity index (χ4v) is 3.75. The predicted molar refractivity (Wildman–Crippen MR) is 129 cm³/mol. The maximum atomic E-state index is 13.8. The highest BCUT2D eigenvalue weighted by Gasteiger charge is 2.15. The molecule has 0 aliphatic rings. The van der Waals surface area contributed by atoms with Crippen molar-refractivity contribution < 1.29 is 13.7 Å². The van der Waals surface area contributed by atoms with Crippen LogP contribution >= 0.6 is 11.6 Å². The van der Waals surface area contributed by atoms with Crippen LogP contribution in [0.15, 0.2) is 70.2 Å². The second kappa shape index (κ2) is 9.71. The molecule has 3 aromatic heterocycles. The van der Waals surface area contributed by atoms with Gasteiger partial charge in [0.05, 0.1) is 17.3 Å². The zero-order valence-corrected chi connectivity index (χ0v) is 19.6. The normalized spacial score (nSPS) is 11.3. The number of ether oxygens (including phenoxy) is 1. The topological polar surface area (TPSA) is 87.5 Å². The number of unbranched alkanes of at least 4 members (excludes halogenated alkanes) is 1. The molecule has 0 bridgehead atoms. The third kappa shape index (κ3) is 4.67. The standard InChI is InChI=1S/C25H21ClFN5O3/c1-2-3-12-34-22-7-5-4-6-17(22)20-14-21-25(33)31(10-11-32(21)29-20)15-23-28-24(30-35-23)16-8-9-18(26)19(27)13-16/h4-11,13-14H,2-3,12,15H2,1H3. The van der Waals surface area contributed by atoms with Crippen molar-refractivity contribution in [1.82, 2.24) is 24.3 Å². The summed E-state index contributed by atoms with van der Waals surface area (Å²) in [5.41, 5.74) is 2.00. The molecular weight excluding hydrogens is 473 g/mol. The van der Waals surface area contributed by atoms with Gasteiger partial charge in [0.1, 0.15) is 23.6 Å². The molecule has 0 saturated heterocycles. The van der Waals surface area contributed by atoms with E-state index in [-0.39, 0.29) is 28.8 Å². The minimum atomic E-state index is -0.578. The molecule has 8 nitrogen and oxygen atoms in total. The van der Waals surface area contributed by atoms with E-state index < -0.39 is 5.82 Å². The van der Waals surface area contributed by atoms with Gasteiger partial charge in [-0.05, 0) is 42.8 Å². The van der Waals surface area contributed by atoms with Gasteiger partial charge in [-0.2, -0.15) is 10.1 Å². The van der Waals surface area contributed by atoms with E-state index in [9.17, 15) is 9.18 Å². The number of benzene rings is 2. The van der Waals surface area contributed by atoms with E-state index in [2.05, 4.69) is 22.2 Å². The van der Waals surface area contributed by atoms with Crippen molar-refractivity contribution in [2.24, 2.45) is 0 Å². The lowest BCUT2D eigenvalue weighted by Crippen LogP contribution is -2.21. The lowest BCUT2D eigenvalue weighted by molar-refractivity contribution is 0.310. The van der Waals surface area contributed by atoms with E-state index in [1.807, 2.05) is 24.3 Å². The number of hydrogen-bond acceptors (Lipinski definition) is 6. The van der Waals surface area contributed by atoms with Crippen LogP contribution in [0.1, 0.15) is 25.7 Å². The molecule has 10 heteroatoms. The van der Waals surface area contributed by atoms with Crippen LogP contribution in [0.4, 0.5) is 4.39 Å². The number of hydrogen-bond donors (Lipinski definition) is 0. The van der Waals surface area contributed by atoms with Crippen molar-refractivity contribution in [2.75, 3.05) is 6.61 Å². The van der Waals surface area contributed by atoms with Gasteiger partial charge in [-0.1, -0.05) is 42.2 Å². The Morgan fingerprint density at radius 2 is 2.00 bits per heavy atom. The van der Waals surface area contributed by atoms with Crippen molar-refractivity contribution in [3.63, 3.8) is 0 Å². The molecule has 0 amide bonds. The Balaban J connectivity index is 1.42. The third-order valence-corrected chi connectivity index (χ3v) is 5.78. The highest BCUT2D eigenvalue weighted by atomic mass is 35.5. The Kier molecular flexibility index (Phi) is 6.33. The minimum absolute atomic E-state index is 0.00708. The van der Waals surface area contributed by atoms with Gasteiger partial charge in [0, 0.05) is 23.5 Å². The number of rotatable bonds is 8. The van der Waals surface area contributed by atoms with E-state index >= 15 is 0 Å². The quantitative estimate of drug-likeness (QED) is 0.275. The van der Waals surface area contributed by atoms with Crippen LogP contribution in [0.2, 0.25) is 5.02 Å². The van der Waals surface area contributed by atoms with Gasteiger partial charge >= 0.3 is 0 Å². The Hall–Kier alpha value is -3.98. The molecule has 0 N–H and O–H groups in total. The van der Waals surface area contributed by atoms with E-state index in [0.29, 0.717) is 23.4 Å². The van der Waals surface area contributed by atoms with Crippen molar-refractivity contribution in [2.45, 2.75) is 26.3 Å². The first-order valence-electron chi connectivity index (χ1n) is 11.1. The Morgan fingerprint density at radius 3 is 2.83 bits per heavy atom. The molecule has 0 atom stereocenters. The lowest BCUT2D eigenvalue weighted by Gasteiger charge is -2.09. The first kappa shape index (κ1) is 22.8. The largest absolute Gasteiger partial charge is 0.493 e. The smallest absolute Gasteiger partial charge is 0.277 e. The summed E-state index contributed by atoms with van der Waals surface area (Å²) in [4.78, 5) is 17.4. The molecule has 0 fully saturated rings. The average Bonchev–Trinajstić information content (AvgIpc) is 3.51. The fraction of sp³-hybridized carbons (Fsp3) is 0.200. The van der Waals surface area contributed by atoms with Crippen LogP contribution in [0, 0.1) is 5.82 Å². The summed E-state index contributed by atoms with van der Waals surface area (Å²) < 4.78 is 28.0. The van der Waals surface area contributed by atoms with E-state index in [1.165, 1.54) is 21.2 Å². The van der Waals surface area contributed by atoms with Crippen molar-refractivity contribution >= 4 is 17.1 Å². The maximum Gasteiger partial charge on any atom is 0.277 e. The maximum absolute atomic E-state index is 13.8. The molecule has 3 heterocycles. The first-order valence-corrected chi connectivity index (χ1v) is 11.5. The second-order valence-corrected chi connectivity index (χ2v) is 8.34. The van der Waals surface area contributed by atoms with Gasteiger partial charge in [-0.15, -0.1) is 0 Å². The molecule has 5 rings (SSSR count). The molecule has 0 radical (unpaired) electrons. The van der Waals surface area contributed by atoms with Crippen LogP contribution < -0.4 is 10.3 Å². The Morgan fingerprint density at radius 1 is 1.14 bits per heavy atom. The Bertz CT molecular complexity index is 1560. The van der Waals surface area contributed by atoms with Crippen molar-refractivity contribution in [3.8, 4) is 28.4 Å². The molecule has 178 valence electrons. The molecule has 5 aromatic rings. The fourth-order valence-electron chi connectivity index (χ4n) is 3.63. The minimum Gasteiger partial charge on any atom is -0.493 e. The van der Waals surface area contributed by atoms with Crippen molar-refractivity contribution in [1.29, 1.82) is 0 Å².